The molecule has 0 aliphatic carbocycles. The van der Waals surface area contributed by atoms with Gasteiger partial charge in [-0.2, -0.15) is 0 Å². The minimum Gasteiger partial charge on any atom is -0.756 e. The van der Waals surface area contributed by atoms with Crippen molar-refractivity contribution >= 4 is 19.7 Å². The number of hydrogen-bond donors (Lipinski definition) is 1. The van der Waals surface area contributed by atoms with Gasteiger partial charge in [0, 0.05) is 12.8 Å². The predicted octanol–water partition coefficient (Wildman–Crippen LogP) is 20.3. The van der Waals surface area contributed by atoms with Gasteiger partial charge in [-0.15, -0.1) is 0 Å². The van der Waals surface area contributed by atoms with Crippen LogP contribution < -0.4 is 10.2 Å². The zero-order valence-electron chi connectivity index (χ0n) is 53.0. The first kappa shape index (κ1) is 77.2. The molecule has 9 nitrogen and oxygen atoms in total. The van der Waals surface area contributed by atoms with Crippen LogP contribution in [0.25, 0.3) is 0 Å². The van der Waals surface area contributed by atoms with Crippen molar-refractivity contribution < 1.29 is 37.3 Å². The maximum absolute atomic E-state index is 13.5. The number of hydrogen-bond acceptors (Lipinski definition) is 7. The van der Waals surface area contributed by atoms with E-state index < -0.39 is 26.6 Å². The Morgan fingerprint density at radius 1 is 0.450 bits per heavy atom. The van der Waals surface area contributed by atoms with Gasteiger partial charge in [-0.05, 0) is 102 Å². The molecule has 464 valence electrons. The summed E-state index contributed by atoms with van der Waals surface area (Å²) in [6, 6.07) is -0.899. The smallest absolute Gasteiger partial charge is 0.306 e. The normalized spacial score (nSPS) is 14.1. The zero-order valence-corrected chi connectivity index (χ0v) is 53.9. The summed E-state index contributed by atoms with van der Waals surface area (Å²) in [7, 11) is 1.17. The van der Waals surface area contributed by atoms with Crippen LogP contribution >= 0.6 is 7.82 Å². The molecule has 1 amide bonds. The molecule has 0 saturated carbocycles. The van der Waals surface area contributed by atoms with Gasteiger partial charge >= 0.3 is 5.97 Å². The first-order valence-electron chi connectivity index (χ1n) is 33.4. The minimum atomic E-state index is -4.71. The predicted molar refractivity (Wildman–Crippen MR) is 344 cm³/mol. The van der Waals surface area contributed by atoms with Crippen LogP contribution in [0.2, 0.25) is 0 Å². The van der Waals surface area contributed by atoms with Crippen LogP contribution in [0.1, 0.15) is 297 Å². The zero-order chi connectivity index (χ0) is 58.6. The van der Waals surface area contributed by atoms with Crippen molar-refractivity contribution in [3.8, 4) is 0 Å². The van der Waals surface area contributed by atoms with E-state index in [9.17, 15) is 19.0 Å². The Bertz CT molecular complexity index is 1640. The molecule has 0 aliphatic rings. The highest BCUT2D eigenvalue weighted by molar-refractivity contribution is 7.45. The van der Waals surface area contributed by atoms with E-state index in [1.165, 1.54) is 148 Å². The van der Waals surface area contributed by atoms with Crippen LogP contribution in [-0.2, 0) is 27.9 Å². The molecule has 0 heterocycles. The Hall–Kier alpha value is -2.81. The van der Waals surface area contributed by atoms with Crippen LogP contribution in [0.4, 0.5) is 0 Å². The average molecular weight is 1140 g/mol. The molecule has 0 saturated heterocycles. The SMILES string of the molecule is CCCCC/C=C\C/C=C\C/C=C\C/C=C\CCCCCCCCCCCCCC(=O)OC(/C=C\CCCCCCCCCCCC)C(COP(=O)([O-])OCC[N+](C)(C)C)NC(=O)CCCCCCCC/C=C/C=C/CCCCC. The molecular formula is C70H127N2O7P. The fourth-order valence-electron chi connectivity index (χ4n) is 9.38. The van der Waals surface area contributed by atoms with E-state index >= 15 is 0 Å². The lowest BCUT2D eigenvalue weighted by Gasteiger charge is -2.30. The van der Waals surface area contributed by atoms with Crippen molar-refractivity contribution in [3.05, 3.63) is 85.1 Å². The Balaban J connectivity index is 5.09. The summed E-state index contributed by atoms with van der Waals surface area (Å²) in [6.07, 6.45) is 78.4. The third kappa shape index (κ3) is 59.8. The number of rotatable bonds is 60. The molecule has 0 aliphatic heterocycles. The number of carbonyl (C=O) groups is 2. The Kier molecular flexibility index (Phi) is 57.3. The van der Waals surface area contributed by atoms with Gasteiger partial charge in [-0.25, -0.2) is 0 Å². The molecule has 0 rings (SSSR count). The number of quaternary nitrogens is 1. The first-order chi connectivity index (χ1) is 38.9. The van der Waals surface area contributed by atoms with Crippen LogP contribution in [0, 0.1) is 0 Å². The van der Waals surface area contributed by atoms with E-state index in [0.29, 0.717) is 17.4 Å². The highest BCUT2D eigenvalue weighted by atomic mass is 31.2. The average Bonchev–Trinajstić information content (AvgIpc) is 3.43. The van der Waals surface area contributed by atoms with Gasteiger partial charge in [0.2, 0.25) is 5.91 Å². The maximum atomic E-state index is 13.5. The number of allylic oxidation sites excluding steroid dienone is 13. The third-order valence-corrected chi connectivity index (χ3v) is 15.5. The number of unbranched alkanes of at least 4 members (excludes halogenated alkanes) is 33. The molecule has 3 atom stereocenters. The summed E-state index contributed by atoms with van der Waals surface area (Å²) in [5, 5.41) is 3.02. The van der Waals surface area contributed by atoms with E-state index in [0.717, 1.165) is 116 Å². The Labute approximate surface area is 495 Å². The summed E-state index contributed by atoms with van der Waals surface area (Å²) in [5.74, 6) is -0.556. The summed E-state index contributed by atoms with van der Waals surface area (Å²) in [6.45, 7) is 6.78. The van der Waals surface area contributed by atoms with Gasteiger partial charge in [0.05, 0.1) is 33.8 Å². The highest BCUT2D eigenvalue weighted by Crippen LogP contribution is 2.38. The van der Waals surface area contributed by atoms with Crippen molar-refractivity contribution in [2.45, 2.75) is 309 Å². The molecule has 80 heavy (non-hydrogen) atoms. The second-order valence-corrected chi connectivity index (χ2v) is 25.1. The number of carbonyl (C=O) groups excluding carboxylic acids is 2. The lowest BCUT2D eigenvalue weighted by Crippen LogP contribution is -2.47. The number of nitrogens with one attached hydrogen (secondary N) is 1. The lowest BCUT2D eigenvalue weighted by molar-refractivity contribution is -0.870. The maximum Gasteiger partial charge on any atom is 0.306 e. The summed E-state index contributed by atoms with van der Waals surface area (Å²) in [5.41, 5.74) is 0. The minimum absolute atomic E-state index is 0.0278. The van der Waals surface area contributed by atoms with Gasteiger partial charge in [0.25, 0.3) is 7.82 Å². The molecule has 3 unspecified atom stereocenters. The monoisotopic (exact) mass is 1140 g/mol. The lowest BCUT2D eigenvalue weighted by atomic mass is 10.0. The van der Waals surface area contributed by atoms with Gasteiger partial charge in [0.1, 0.15) is 19.3 Å². The van der Waals surface area contributed by atoms with Crippen molar-refractivity contribution in [2.24, 2.45) is 0 Å². The number of nitrogens with zero attached hydrogens (tertiary/aromatic N) is 1. The highest BCUT2D eigenvalue weighted by Gasteiger charge is 2.27. The fraction of sp³-hybridized carbons (Fsp3) is 0.771. The summed E-state index contributed by atoms with van der Waals surface area (Å²) in [4.78, 5) is 40.0. The van der Waals surface area contributed by atoms with Gasteiger partial charge < -0.3 is 28.5 Å². The van der Waals surface area contributed by atoms with Gasteiger partial charge in [-0.1, -0.05) is 267 Å². The number of phosphoric acid groups is 1. The van der Waals surface area contributed by atoms with Crippen molar-refractivity contribution in [1.82, 2.24) is 5.32 Å². The molecule has 0 aromatic heterocycles. The van der Waals surface area contributed by atoms with Gasteiger partial charge in [-0.3, -0.25) is 14.2 Å². The molecule has 0 aromatic rings. The number of likely N-dealkylation sites (N-methyl/N-ethyl adjacent to an activating group) is 1. The largest absolute Gasteiger partial charge is 0.756 e. The van der Waals surface area contributed by atoms with Crippen LogP contribution in [0.15, 0.2) is 85.1 Å². The first-order valence-corrected chi connectivity index (χ1v) is 34.9. The van der Waals surface area contributed by atoms with E-state index in [1.807, 2.05) is 33.3 Å². The van der Waals surface area contributed by atoms with Gasteiger partial charge in [0.15, 0.2) is 0 Å². The molecule has 0 fully saturated rings. The standard InChI is InChI=1S/C70H127N2O7P/c1-7-10-13-16-19-22-25-28-30-31-32-33-34-35-36-37-38-39-40-41-43-45-48-51-54-57-60-63-70(74)79-68(61-58-55-52-49-46-27-24-21-18-15-12-9-3)67(66-78-80(75,76)77-65-64-72(4,5)6)71-69(73)62-59-56-53-50-47-44-42-29-26-23-20-17-14-11-8-2/h19-20,22-23,26,28-30,32-33,35-36,58,61,67-68H,7-18,21,24-25,27,31,34,37-57,59-60,62-66H2,1-6H3,(H-,71,73,75,76)/b22-19-,23-20+,29-26+,30-28-,33-32-,36-35-,61-58-. The van der Waals surface area contributed by atoms with E-state index in [1.54, 1.807) is 0 Å². The molecule has 1 N–H and O–H groups in total. The molecule has 0 bridgehead atoms. The quantitative estimate of drug-likeness (QED) is 0.0161. The Morgan fingerprint density at radius 3 is 1.24 bits per heavy atom. The van der Waals surface area contributed by atoms with Crippen LogP contribution in [0.3, 0.4) is 0 Å². The number of esters is 1. The molecule has 0 radical (unpaired) electrons. The topological polar surface area (TPSA) is 114 Å². The fourth-order valence-corrected chi connectivity index (χ4v) is 10.1. The van der Waals surface area contributed by atoms with Crippen LogP contribution in [-0.4, -0.2) is 69.4 Å². The Morgan fingerprint density at radius 2 is 0.800 bits per heavy atom. The second-order valence-electron chi connectivity index (χ2n) is 23.6. The summed E-state index contributed by atoms with van der Waals surface area (Å²) < 4.78 is 30.4. The van der Waals surface area contributed by atoms with Crippen molar-refractivity contribution in [2.75, 3.05) is 40.9 Å². The summed E-state index contributed by atoms with van der Waals surface area (Å²) >= 11 is 0. The number of ether oxygens (including phenoxy) is 1. The van der Waals surface area contributed by atoms with E-state index in [4.69, 9.17) is 13.8 Å². The number of amides is 1. The molecular weight excluding hydrogens is 1010 g/mol. The number of phosphoric ester groups is 1. The molecule has 0 aromatic carbocycles. The van der Waals surface area contributed by atoms with E-state index in [2.05, 4.69) is 99.0 Å². The molecule has 10 heteroatoms. The van der Waals surface area contributed by atoms with Crippen molar-refractivity contribution in [1.29, 1.82) is 0 Å². The molecule has 0 spiro atoms. The van der Waals surface area contributed by atoms with Crippen LogP contribution in [0.5, 0.6) is 0 Å². The third-order valence-electron chi connectivity index (χ3n) is 14.6. The van der Waals surface area contributed by atoms with E-state index in [-0.39, 0.29) is 24.9 Å². The second kappa shape index (κ2) is 59.4. The van der Waals surface area contributed by atoms with Crippen molar-refractivity contribution in [3.63, 3.8) is 0 Å².